The third-order valence-corrected chi connectivity index (χ3v) is 1.94. The van der Waals surface area contributed by atoms with Gasteiger partial charge >= 0.3 is 5.97 Å². The number of carboxylic acid groups (broad SMARTS) is 1. The largest absolute Gasteiger partial charge is 0.481 e. The van der Waals surface area contributed by atoms with Crippen molar-refractivity contribution in [3.8, 4) is 0 Å². The van der Waals surface area contributed by atoms with Crippen LogP contribution in [0.3, 0.4) is 0 Å². The van der Waals surface area contributed by atoms with Gasteiger partial charge in [-0.15, -0.1) is 0 Å². The Kier molecular flexibility index (Phi) is 3.36. The summed E-state index contributed by atoms with van der Waals surface area (Å²) in [6.45, 7) is 0.608. The molecule has 0 heterocycles. The van der Waals surface area contributed by atoms with Crippen LogP contribution < -0.4 is 0 Å². The number of aliphatic carboxylic acids is 1. The molecule has 3 nitrogen and oxygen atoms in total. The minimum atomic E-state index is -0.734. The summed E-state index contributed by atoms with van der Waals surface area (Å²) < 4.78 is 5.36. The van der Waals surface area contributed by atoms with Crippen LogP contribution >= 0.6 is 0 Å². The Bertz CT molecular complexity index is 129. The second kappa shape index (κ2) is 4.34. The first-order valence-corrected chi connectivity index (χ1v) is 4.12. The molecule has 1 fully saturated rings. The van der Waals surface area contributed by atoms with Gasteiger partial charge in [0.15, 0.2) is 0 Å². The van der Waals surface area contributed by atoms with Gasteiger partial charge in [0.25, 0.3) is 0 Å². The third-order valence-electron chi connectivity index (χ3n) is 1.94. The lowest BCUT2D eigenvalue weighted by atomic mass is 9.96. The van der Waals surface area contributed by atoms with Gasteiger partial charge in [0, 0.05) is 13.0 Å². The van der Waals surface area contributed by atoms with E-state index in [0.29, 0.717) is 19.1 Å². The quantitative estimate of drug-likeness (QED) is 0.615. The second-order valence-corrected chi connectivity index (χ2v) is 2.92. The van der Waals surface area contributed by atoms with Crippen molar-refractivity contribution in [2.45, 2.75) is 38.2 Å². The van der Waals surface area contributed by atoms with Crippen LogP contribution in [0.2, 0.25) is 0 Å². The monoisotopic (exact) mass is 158 g/mol. The smallest absolute Gasteiger partial charge is 0.303 e. The van der Waals surface area contributed by atoms with E-state index in [0.717, 1.165) is 12.8 Å². The molecule has 0 aliphatic heterocycles. The minimum absolute atomic E-state index is 0.229. The molecule has 1 aliphatic carbocycles. The summed E-state index contributed by atoms with van der Waals surface area (Å²) in [4.78, 5) is 10.1. The summed E-state index contributed by atoms with van der Waals surface area (Å²) in [5, 5.41) is 8.29. The average molecular weight is 158 g/mol. The fourth-order valence-corrected chi connectivity index (χ4v) is 1.01. The molecule has 0 spiro atoms. The number of hydrogen-bond donors (Lipinski definition) is 1. The molecule has 1 rings (SSSR count). The molecule has 3 heteroatoms. The van der Waals surface area contributed by atoms with Crippen LogP contribution in [0.5, 0.6) is 0 Å². The molecule has 1 N–H and O–H groups in total. The number of carboxylic acids is 1. The standard InChI is InChI=1S/C8H14O3/c9-8(10)5-2-6-11-7-3-1-4-7/h7H,1-6H2,(H,9,10). The van der Waals surface area contributed by atoms with Crippen LogP contribution in [0, 0.1) is 0 Å². The van der Waals surface area contributed by atoms with Crippen LogP contribution in [0.25, 0.3) is 0 Å². The Hall–Kier alpha value is -0.570. The van der Waals surface area contributed by atoms with Crippen molar-refractivity contribution in [1.82, 2.24) is 0 Å². The zero-order valence-electron chi connectivity index (χ0n) is 6.58. The van der Waals surface area contributed by atoms with Gasteiger partial charge in [0.2, 0.25) is 0 Å². The molecule has 1 aliphatic rings. The molecule has 0 aromatic rings. The van der Waals surface area contributed by atoms with Gasteiger partial charge in [-0.3, -0.25) is 4.79 Å². The first-order chi connectivity index (χ1) is 5.29. The molecular formula is C8H14O3. The van der Waals surface area contributed by atoms with Crippen LogP contribution in [-0.4, -0.2) is 23.8 Å². The molecular weight excluding hydrogens is 144 g/mol. The molecule has 0 aromatic heterocycles. The summed E-state index contributed by atoms with van der Waals surface area (Å²) in [5.41, 5.74) is 0. The van der Waals surface area contributed by atoms with Gasteiger partial charge in [-0.25, -0.2) is 0 Å². The van der Waals surface area contributed by atoms with E-state index in [1.807, 2.05) is 0 Å². The number of ether oxygens (including phenoxy) is 1. The lowest BCUT2D eigenvalue weighted by Gasteiger charge is -2.25. The molecule has 0 atom stereocenters. The maximum absolute atomic E-state index is 10.1. The Balaban J connectivity index is 1.83. The Morgan fingerprint density at radius 1 is 1.55 bits per heavy atom. The van der Waals surface area contributed by atoms with E-state index in [4.69, 9.17) is 9.84 Å². The number of rotatable bonds is 5. The molecule has 0 amide bonds. The predicted octanol–water partition coefficient (Wildman–Crippen LogP) is 1.42. The predicted molar refractivity (Wildman–Crippen MR) is 40.5 cm³/mol. The molecule has 64 valence electrons. The number of hydrogen-bond acceptors (Lipinski definition) is 2. The number of carbonyl (C=O) groups is 1. The van der Waals surface area contributed by atoms with Crippen molar-refractivity contribution in [1.29, 1.82) is 0 Å². The van der Waals surface area contributed by atoms with E-state index in [-0.39, 0.29) is 6.42 Å². The van der Waals surface area contributed by atoms with E-state index < -0.39 is 5.97 Å². The summed E-state index contributed by atoms with van der Waals surface area (Å²) in [5.74, 6) is -0.734. The normalized spacial score (nSPS) is 17.8. The zero-order valence-corrected chi connectivity index (χ0v) is 6.58. The van der Waals surface area contributed by atoms with Gasteiger partial charge in [-0.05, 0) is 25.7 Å². The van der Waals surface area contributed by atoms with Crippen LogP contribution in [0.4, 0.5) is 0 Å². The van der Waals surface area contributed by atoms with E-state index in [1.165, 1.54) is 6.42 Å². The van der Waals surface area contributed by atoms with Crippen molar-refractivity contribution in [2.24, 2.45) is 0 Å². The van der Waals surface area contributed by atoms with Crippen LogP contribution in [-0.2, 0) is 9.53 Å². The molecule has 0 saturated heterocycles. The topological polar surface area (TPSA) is 46.5 Å². The average Bonchev–Trinajstić information content (AvgIpc) is 1.82. The van der Waals surface area contributed by atoms with Crippen LogP contribution in [0.1, 0.15) is 32.1 Å². The minimum Gasteiger partial charge on any atom is -0.481 e. The van der Waals surface area contributed by atoms with E-state index in [1.54, 1.807) is 0 Å². The third kappa shape index (κ3) is 3.37. The van der Waals surface area contributed by atoms with Crippen molar-refractivity contribution in [3.05, 3.63) is 0 Å². The first kappa shape index (κ1) is 8.53. The van der Waals surface area contributed by atoms with Crippen molar-refractivity contribution < 1.29 is 14.6 Å². The summed E-state index contributed by atoms with van der Waals surface area (Å²) in [7, 11) is 0. The maximum atomic E-state index is 10.1. The summed E-state index contributed by atoms with van der Waals surface area (Å²) in [6, 6.07) is 0. The van der Waals surface area contributed by atoms with Crippen LogP contribution in [0.15, 0.2) is 0 Å². The zero-order chi connectivity index (χ0) is 8.10. The first-order valence-electron chi connectivity index (χ1n) is 4.12. The molecule has 0 radical (unpaired) electrons. The van der Waals surface area contributed by atoms with Crippen molar-refractivity contribution >= 4 is 5.97 Å². The summed E-state index contributed by atoms with van der Waals surface area (Å²) >= 11 is 0. The van der Waals surface area contributed by atoms with E-state index in [2.05, 4.69) is 0 Å². The van der Waals surface area contributed by atoms with Gasteiger partial charge < -0.3 is 9.84 Å². The van der Waals surface area contributed by atoms with E-state index in [9.17, 15) is 4.79 Å². The highest BCUT2D eigenvalue weighted by molar-refractivity contribution is 5.66. The molecule has 11 heavy (non-hydrogen) atoms. The van der Waals surface area contributed by atoms with Crippen molar-refractivity contribution in [2.75, 3.05) is 6.61 Å². The molecule has 0 aromatic carbocycles. The maximum Gasteiger partial charge on any atom is 0.303 e. The van der Waals surface area contributed by atoms with E-state index >= 15 is 0 Å². The Morgan fingerprint density at radius 3 is 2.73 bits per heavy atom. The lowest BCUT2D eigenvalue weighted by Crippen LogP contribution is -2.22. The molecule has 0 unspecified atom stereocenters. The highest BCUT2D eigenvalue weighted by atomic mass is 16.5. The summed E-state index contributed by atoms with van der Waals surface area (Å²) in [6.07, 6.45) is 4.89. The van der Waals surface area contributed by atoms with Gasteiger partial charge in [-0.2, -0.15) is 0 Å². The molecule has 0 bridgehead atoms. The van der Waals surface area contributed by atoms with Crippen molar-refractivity contribution in [3.63, 3.8) is 0 Å². The fourth-order valence-electron chi connectivity index (χ4n) is 1.01. The Labute approximate surface area is 66.4 Å². The van der Waals surface area contributed by atoms with Gasteiger partial charge in [-0.1, -0.05) is 0 Å². The Morgan fingerprint density at radius 2 is 2.27 bits per heavy atom. The lowest BCUT2D eigenvalue weighted by molar-refractivity contribution is -0.137. The second-order valence-electron chi connectivity index (χ2n) is 2.92. The fraction of sp³-hybridized carbons (Fsp3) is 0.875. The van der Waals surface area contributed by atoms with Gasteiger partial charge in [0.05, 0.1) is 6.10 Å². The highest BCUT2D eigenvalue weighted by Gasteiger charge is 2.17. The highest BCUT2D eigenvalue weighted by Crippen LogP contribution is 2.21. The van der Waals surface area contributed by atoms with Gasteiger partial charge in [0.1, 0.15) is 0 Å². The molecule has 1 saturated carbocycles. The SMILES string of the molecule is O=C(O)CCCOC1CCC1.